The van der Waals surface area contributed by atoms with Crippen LogP contribution in [0, 0.1) is 0 Å². The number of carboxylic acid groups (broad SMARTS) is 1. The number of benzene rings is 1. The molecule has 1 heterocycles. The van der Waals surface area contributed by atoms with Gasteiger partial charge in [0, 0.05) is 11.8 Å². The van der Waals surface area contributed by atoms with Crippen molar-refractivity contribution in [1.82, 2.24) is 4.98 Å². The minimum atomic E-state index is -0.831. The number of thiazole rings is 1. The summed E-state index contributed by atoms with van der Waals surface area (Å²) in [4.78, 5) is 14.7. The molecule has 5 heteroatoms. The molecule has 0 amide bonds. The van der Waals surface area contributed by atoms with Crippen molar-refractivity contribution in [2.75, 3.05) is 0 Å². The van der Waals surface area contributed by atoms with Gasteiger partial charge in [-0.1, -0.05) is 12.1 Å². The molecule has 0 aliphatic carbocycles. The van der Waals surface area contributed by atoms with E-state index in [2.05, 4.69) is 4.98 Å². The average Bonchev–Trinajstić information content (AvgIpc) is 2.75. The Hall–Kier alpha value is -1.88. The number of carboxylic acids is 1. The van der Waals surface area contributed by atoms with Gasteiger partial charge in [0.25, 0.3) is 0 Å². The van der Waals surface area contributed by atoms with Crippen molar-refractivity contribution in [3.63, 3.8) is 0 Å². The number of aliphatic carboxylic acids is 1. The third-order valence-corrected chi connectivity index (χ3v) is 3.21. The number of rotatable bonds is 4. The van der Waals surface area contributed by atoms with Crippen LogP contribution >= 0.6 is 11.3 Å². The van der Waals surface area contributed by atoms with E-state index in [0.29, 0.717) is 17.0 Å². The molecule has 0 bridgehead atoms. The highest BCUT2D eigenvalue weighted by atomic mass is 32.1. The number of phenolic OH excluding ortho intramolecular Hbond substituents is 1. The van der Waals surface area contributed by atoms with Crippen molar-refractivity contribution < 1.29 is 15.0 Å². The van der Waals surface area contributed by atoms with Crippen molar-refractivity contribution in [1.29, 1.82) is 0 Å². The highest BCUT2D eigenvalue weighted by Gasteiger charge is 2.09. The Kier molecular flexibility index (Phi) is 3.39. The van der Waals surface area contributed by atoms with E-state index in [1.165, 1.54) is 11.3 Å². The lowest BCUT2D eigenvalue weighted by molar-refractivity contribution is -0.136. The summed E-state index contributed by atoms with van der Waals surface area (Å²) < 4.78 is 0. The van der Waals surface area contributed by atoms with E-state index in [9.17, 15) is 9.90 Å². The molecule has 0 spiro atoms. The molecule has 0 aliphatic heterocycles. The lowest BCUT2D eigenvalue weighted by Crippen LogP contribution is -1.97. The second-order valence-electron chi connectivity index (χ2n) is 3.55. The lowest BCUT2D eigenvalue weighted by Gasteiger charge is -1.98. The van der Waals surface area contributed by atoms with Crippen LogP contribution in [-0.2, 0) is 11.2 Å². The smallest absolute Gasteiger partial charge is 0.303 e. The summed E-state index contributed by atoms with van der Waals surface area (Å²) in [5.74, 6) is -0.645. The number of aromatic nitrogens is 1. The van der Waals surface area contributed by atoms with Crippen molar-refractivity contribution in [3.05, 3.63) is 35.3 Å². The zero-order valence-corrected chi connectivity index (χ0v) is 9.78. The summed E-state index contributed by atoms with van der Waals surface area (Å²) in [6, 6.07) is 6.97. The number of para-hydroxylation sites is 1. The van der Waals surface area contributed by atoms with Gasteiger partial charge in [0.05, 0.1) is 17.7 Å². The molecule has 88 valence electrons. The molecule has 0 aliphatic rings. The zero-order chi connectivity index (χ0) is 12.3. The average molecular weight is 249 g/mol. The number of hydrogen-bond acceptors (Lipinski definition) is 4. The first-order valence-corrected chi connectivity index (χ1v) is 5.99. The largest absolute Gasteiger partial charge is 0.507 e. The van der Waals surface area contributed by atoms with Crippen LogP contribution in [0.5, 0.6) is 5.75 Å². The summed E-state index contributed by atoms with van der Waals surface area (Å²) >= 11 is 1.40. The highest BCUT2D eigenvalue weighted by molar-refractivity contribution is 7.13. The van der Waals surface area contributed by atoms with Crippen LogP contribution in [0.15, 0.2) is 29.6 Å². The van der Waals surface area contributed by atoms with Crippen molar-refractivity contribution >= 4 is 17.3 Å². The Bertz CT molecular complexity index is 536. The van der Waals surface area contributed by atoms with Crippen molar-refractivity contribution in [2.45, 2.75) is 12.8 Å². The minimum Gasteiger partial charge on any atom is -0.507 e. The molecule has 4 nitrogen and oxygen atoms in total. The van der Waals surface area contributed by atoms with E-state index in [1.807, 2.05) is 11.4 Å². The van der Waals surface area contributed by atoms with Gasteiger partial charge in [0.1, 0.15) is 10.8 Å². The summed E-state index contributed by atoms with van der Waals surface area (Å²) in [5, 5.41) is 20.8. The summed E-state index contributed by atoms with van der Waals surface area (Å²) in [5.41, 5.74) is 1.43. The lowest BCUT2D eigenvalue weighted by atomic mass is 10.2. The summed E-state index contributed by atoms with van der Waals surface area (Å²) in [6.07, 6.45) is 0.489. The molecule has 1 aromatic carbocycles. The predicted octanol–water partition coefficient (Wildman–Crippen LogP) is 2.53. The van der Waals surface area contributed by atoms with E-state index in [-0.39, 0.29) is 12.2 Å². The fourth-order valence-electron chi connectivity index (χ4n) is 1.43. The molecule has 0 fully saturated rings. The number of aryl methyl sites for hydroxylation is 1. The van der Waals surface area contributed by atoms with Gasteiger partial charge < -0.3 is 10.2 Å². The van der Waals surface area contributed by atoms with Crippen LogP contribution in [0.4, 0.5) is 0 Å². The Labute approximate surface area is 102 Å². The van der Waals surface area contributed by atoms with Crippen molar-refractivity contribution in [3.8, 4) is 16.3 Å². The SMILES string of the molecule is O=C(O)CCc1csc(-c2ccccc2O)n1. The monoisotopic (exact) mass is 249 g/mol. The predicted molar refractivity (Wildman–Crippen MR) is 65.2 cm³/mol. The van der Waals surface area contributed by atoms with Gasteiger partial charge in [-0.3, -0.25) is 4.79 Å². The van der Waals surface area contributed by atoms with Crippen LogP contribution < -0.4 is 0 Å². The fourth-order valence-corrected chi connectivity index (χ4v) is 2.32. The van der Waals surface area contributed by atoms with Crippen LogP contribution in [0.2, 0.25) is 0 Å². The van der Waals surface area contributed by atoms with Gasteiger partial charge in [-0.25, -0.2) is 4.98 Å². The maximum Gasteiger partial charge on any atom is 0.303 e. The highest BCUT2D eigenvalue weighted by Crippen LogP contribution is 2.31. The zero-order valence-electron chi connectivity index (χ0n) is 8.96. The van der Waals surface area contributed by atoms with E-state index in [4.69, 9.17) is 5.11 Å². The second kappa shape index (κ2) is 4.97. The van der Waals surface area contributed by atoms with Crippen LogP contribution in [-0.4, -0.2) is 21.2 Å². The second-order valence-corrected chi connectivity index (χ2v) is 4.41. The normalized spacial score (nSPS) is 10.4. The van der Waals surface area contributed by atoms with Gasteiger partial charge in [-0.05, 0) is 12.1 Å². The van der Waals surface area contributed by atoms with E-state index in [0.717, 1.165) is 5.69 Å². The molecule has 0 saturated carbocycles. The molecule has 2 rings (SSSR count). The first-order valence-electron chi connectivity index (χ1n) is 5.11. The maximum absolute atomic E-state index is 10.4. The van der Waals surface area contributed by atoms with Crippen LogP contribution in [0.1, 0.15) is 12.1 Å². The van der Waals surface area contributed by atoms with Gasteiger partial charge >= 0.3 is 5.97 Å². The molecular formula is C12H11NO3S. The van der Waals surface area contributed by atoms with Gasteiger partial charge in [0.15, 0.2) is 0 Å². The Morgan fingerprint density at radius 1 is 1.35 bits per heavy atom. The third kappa shape index (κ3) is 2.82. The number of nitrogens with zero attached hydrogens (tertiary/aromatic N) is 1. The number of hydrogen-bond donors (Lipinski definition) is 2. The molecule has 0 saturated heterocycles. The quantitative estimate of drug-likeness (QED) is 0.873. The molecule has 0 unspecified atom stereocenters. The number of aromatic hydroxyl groups is 1. The number of phenols is 1. The molecule has 0 radical (unpaired) electrons. The number of carbonyl (C=O) groups is 1. The van der Waals surface area contributed by atoms with Gasteiger partial charge in [0.2, 0.25) is 0 Å². The van der Waals surface area contributed by atoms with Crippen LogP contribution in [0.3, 0.4) is 0 Å². The standard InChI is InChI=1S/C12H11NO3S/c14-10-4-2-1-3-9(10)12-13-8(7-17-12)5-6-11(15)16/h1-4,7,14H,5-6H2,(H,15,16). The molecule has 2 aromatic rings. The molecule has 17 heavy (non-hydrogen) atoms. The van der Waals surface area contributed by atoms with Crippen LogP contribution in [0.25, 0.3) is 10.6 Å². The van der Waals surface area contributed by atoms with Gasteiger partial charge in [-0.2, -0.15) is 0 Å². The molecule has 2 N–H and O–H groups in total. The van der Waals surface area contributed by atoms with E-state index < -0.39 is 5.97 Å². The summed E-state index contributed by atoms with van der Waals surface area (Å²) in [6.45, 7) is 0. The van der Waals surface area contributed by atoms with Crippen molar-refractivity contribution in [2.24, 2.45) is 0 Å². The van der Waals surface area contributed by atoms with Gasteiger partial charge in [-0.15, -0.1) is 11.3 Å². The molecule has 0 atom stereocenters. The summed E-state index contributed by atoms with van der Waals surface area (Å²) in [7, 11) is 0. The minimum absolute atomic E-state index is 0.0734. The first kappa shape index (κ1) is 11.6. The fraction of sp³-hybridized carbons (Fsp3) is 0.167. The molecule has 1 aromatic heterocycles. The molecular weight excluding hydrogens is 238 g/mol. The van der Waals surface area contributed by atoms with E-state index in [1.54, 1.807) is 18.2 Å². The Morgan fingerprint density at radius 3 is 2.82 bits per heavy atom. The Balaban J connectivity index is 2.18. The topological polar surface area (TPSA) is 70.4 Å². The van der Waals surface area contributed by atoms with E-state index >= 15 is 0 Å². The Morgan fingerprint density at radius 2 is 2.12 bits per heavy atom. The maximum atomic E-state index is 10.4. The third-order valence-electron chi connectivity index (χ3n) is 2.28. The first-order chi connectivity index (χ1) is 8.16.